The predicted molar refractivity (Wildman–Crippen MR) is 82.3 cm³/mol. The zero-order valence-corrected chi connectivity index (χ0v) is 12.7. The van der Waals surface area contributed by atoms with Crippen LogP contribution in [-0.4, -0.2) is 23.9 Å². The molecule has 0 radical (unpaired) electrons. The zero-order chi connectivity index (χ0) is 15.0. The van der Waals surface area contributed by atoms with Gasteiger partial charge < -0.3 is 10.2 Å². The average Bonchev–Trinajstić information content (AvgIpc) is 3.33. The van der Waals surface area contributed by atoms with E-state index in [9.17, 15) is 9.59 Å². The molecule has 3 rings (SSSR count). The lowest BCUT2D eigenvalue weighted by atomic mass is 9.91. The highest BCUT2D eigenvalue weighted by Crippen LogP contribution is 2.36. The second kappa shape index (κ2) is 5.17. The molecule has 0 spiro atoms. The third kappa shape index (κ3) is 2.33. The molecule has 2 amide bonds. The number of hydrogen-bond donors (Lipinski definition) is 1. The third-order valence-corrected chi connectivity index (χ3v) is 4.79. The molecule has 0 unspecified atom stereocenters. The summed E-state index contributed by atoms with van der Waals surface area (Å²) in [6, 6.07) is 7.43. The fourth-order valence-corrected chi connectivity index (χ4v) is 3.08. The van der Waals surface area contributed by atoms with Crippen LogP contribution in [0.1, 0.15) is 49.9 Å². The highest BCUT2D eigenvalue weighted by atomic mass is 16.2. The molecule has 4 nitrogen and oxygen atoms in total. The normalized spacial score (nSPS) is 20.8. The second-order valence-corrected chi connectivity index (χ2v) is 6.12. The first-order valence-corrected chi connectivity index (χ1v) is 7.85. The highest BCUT2D eigenvalue weighted by Gasteiger charge is 2.44. The average molecular weight is 286 g/mol. The molecule has 0 aromatic heterocycles. The van der Waals surface area contributed by atoms with Gasteiger partial charge in [-0.3, -0.25) is 9.59 Å². The van der Waals surface area contributed by atoms with Gasteiger partial charge in [0.1, 0.15) is 5.54 Å². The van der Waals surface area contributed by atoms with Crippen LogP contribution in [0, 0.1) is 5.92 Å². The highest BCUT2D eigenvalue weighted by molar-refractivity contribution is 6.12. The van der Waals surface area contributed by atoms with Gasteiger partial charge in [-0.25, -0.2) is 0 Å². The van der Waals surface area contributed by atoms with Crippen LogP contribution in [0.4, 0.5) is 5.69 Å². The van der Waals surface area contributed by atoms with Crippen LogP contribution in [0.5, 0.6) is 0 Å². The van der Waals surface area contributed by atoms with Crippen molar-refractivity contribution in [1.29, 1.82) is 0 Å². The Labute approximate surface area is 125 Å². The first-order chi connectivity index (χ1) is 10.1. The topological polar surface area (TPSA) is 49.4 Å². The summed E-state index contributed by atoms with van der Waals surface area (Å²) >= 11 is 0. The van der Waals surface area contributed by atoms with Gasteiger partial charge in [0, 0.05) is 6.54 Å². The van der Waals surface area contributed by atoms with E-state index in [-0.39, 0.29) is 11.8 Å². The number of carbonyl (C=O) groups excluding carboxylic acids is 2. The molecular weight excluding hydrogens is 264 g/mol. The number of rotatable bonds is 4. The molecule has 1 aromatic rings. The number of para-hydroxylation sites is 1. The summed E-state index contributed by atoms with van der Waals surface area (Å²) in [5, 5.41) is 2.99. The van der Waals surface area contributed by atoms with E-state index in [2.05, 4.69) is 5.32 Å². The molecule has 1 aromatic carbocycles. The van der Waals surface area contributed by atoms with Crippen LogP contribution in [0.15, 0.2) is 24.3 Å². The van der Waals surface area contributed by atoms with Crippen LogP contribution in [0.3, 0.4) is 0 Å². The molecule has 1 saturated carbocycles. The summed E-state index contributed by atoms with van der Waals surface area (Å²) in [5.74, 6) is 0.486. The Morgan fingerprint density at radius 3 is 2.48 bits per heavy atom. The van der Waals surface area contributed by atoms with Crippen molar-refractivity contribution in [3.8, 4) is 0 Å². The van der Waals surface area contributed by atoms with E-state index in [0.29, 0.717) is 24.3 Å². The van der Waals surface area contributed by atoms with E-state index >= 15 is 0 Å². The van der Waals surface area contributed by atoms with Crippen molar-refractivity contribution in [3.05, 3.63) is 29.8 Å². The predicted octanol–water partition coefficient (Wildman–Crippen LogP) is 2.73. The van der Waals surface area contributed by atoms with Crippen LogP contribution < -0.4 is 10.2 Å². The van der Waals surface area contributed by atoms with Gasteiger partial charge in [-0.1, -0.05) is 26.0 Å². The summed E-state index contributed by atoms with van der Waals surface area (Å²) in [5.41, 5.74) is 0.594. The van der Waals surface area contributed by atoms with Crippen LogP contribution in [-0.2, 0) is 4.79 Å². The van der Waals surface area contributed by atoms with Gasteiger partial charge in [0.2, 0.25) is 0 Å². The Bertz CT molecular complexity index is 574. The summed E-state index contributed by atoms with van der Waals surface area (Å²) in [7, 11) is 0. The van der Waals surface area contributed by atoms with Crippen molar-refractivity contribution in [2.45, 2.75) is 45.1 Å². The minimum absolute atomic E-state index is 0.0395. The first kappa shape index (κ1) is 14.1. The summed E-state index contributed by atoms with van der Waals surface area (Å²) in [6.07, 6.45) is 3.59. The van der Waals surface area contributed by atoms with Gasteiger partial charge in [0.15, 0.2) is 0 Å². The van der Waals surface area contributed by atoms with Crippen molar-refractivity contribution in [2.24, 2.45) is 5.92 Å². The molecule has 0 saturated heterocycles. The largest absolute Gasteiger partial charge is 0.338 e. The molecule has 1 N–H and O–H groups in total. The molecule has 1 heterocycles. The maximum Gasteiger partial charge on any atom is 0.254 e. The van der Waals surface area contributed by atoms with E-state index in [4.69, 9.17) is 0 Å². The number of amides is 2. The lowest BCUT2D eigenvalue weighted by Gasteiger charge is -2.34. The Morgan fingerprint density at radius 2 is 1.86 bits per heavy atom. The molecule has 1 aliphatic carbocycles. The SMILES string of the molecule is CCC1(CC)NC(=O)c2ccccc2N(CC2CC2)C1=O. The van der Waals surface area contributed by atoms with Crippen LogP contribution in [0.2, 0.25) is 0 Å². The molecule has 1 aliphatic heterocycles. The van der Waals surface area contributed by atoms with Crippen LogP contribution >= 0.6 is 0 Å². The lowest BCUT2D eigenvalue weighted by Crippen LogP contribution is -2.57. The minimum atomic E-state index is -0.773. The second-order valence-electron chi connectivity index (χ2n) is 6.12. The van der Waals surface area contributed by atoms with Gasteiger partial charge in [-0.2, -0.15) is 0 Å². The fourth-order valence-electron chi connectivity index (χ4n) is 3.08. The summed E-state index contributed by atoms with van der Waals surface area (Å²) < 4.78 is 0. The van der Waals surface area contributed by atoms with Crippen LogP contribution in [0.25, 0.3) is 0 Å². The molecule has 0 bridgehead atoms. The molecule has 2 aliphatic rings. The van der Waals surface area contributed by atoms with E-state index in [1.54, 1.807) is 6.07 Å². The standard InChI is InChI=1S/C17H22N2O2/c1-3-17(4-2)16(21)19(11-12-9-10-12)14-8-6-5-7-13(14)15(20)18-17/h5-8,12H,3-4,9-11H2,1-2H3,(H,18,20). The number of anilines is 1. The fraction of sp³-hybridized carbons (Fsp3) is 0.529. The molecule has 112 valence electrons. The third-order valence-electron chi connectivity index (χ3n) is 4.79. The number of nitrogens with zero attached hydrogens (tertiary/aromatic N) is 1. The first-order valence-electron chi connectivity index (χ1n) is 7.85. The van der Waals surface area contributed by atoms with Gasteiger partial charge in [-0.05, 0) is 43.7 Å². The summed E-state index contributed by atoms with van der Waals surface area (Å²) in [6.45, 7) is 4.66. The zero-order valence-electron chi connectivity index (χ0n) is 12.7. The maximum absolute atomic E-state index is 13.1. The minimum Gasteiger partial charge on any atom is -0.338 e. The Balaban J connectivity index is 2.09. The van der Waals surface area contributed by atoms with E-state index in [1.165, 1.54) is 12.8 Å². The molecule has 4 heteroatoms. The van der Waals surface area contributed by atoms with Crippen molar-refractivity contribution in [2.75, 3.05) is 11.4 Å². The van der Waals surface area contributed by atoms with Crippen molar-refractivity contribution >= 4 is 17.5 Å². The van der Waals surface area contributed by atoms with Crippen molar-refractivity contribution in [1.82, 2.24) is 5.32 Å². The van der Waals surface area contributed by atoms with E-state index in [0.717, 1.165) is 12.2 Å². The monoisotopic (exact) mass is 286 g/mol. The quantitative estimate of drug-likeness (QED) is 0.925. The van der Waals surface area contributed by atoms with Crippen molar-refractivity contribution in [3.63, 3.8) is 0 Å². The van der Waals surface area contributed by atoms with Gasteiger partial charge >= 0.3 is 0 Å². The van der Waals surface area contributed by atoms with E-state index < -0.39 is 5.54 Å². The van der Waals surface area contributed by atoms with E-state index in [1.807, 2.05) is 36.9 Å². The maximum atomic E-state index is 13.1. The molecular formula is C17H22N2O2. The van der Waals surface area contributed by atoms with Crippen molar-refractivity contribution < 1.29 is 9.59 Å². The molecule has 1 fully saturated rings. The Kier molecular flexibility index (Phi) is 3.47. The molecule has 0 atom stereocenters. The Morgan fingerprint density at radius 1 is 1.19 bits per heavy atom. The number of nitrogens with one attached hydrogen (secondary N) is 1. The molecule has 21 heavy (non-hydrogen) atoms. The van der Waals surface area contributed by atoms with Gasteiger partial charge in [-0.15, -0.1) is 0 Å². The Hall–Kier alpha value is -1.84. The summed E-state index contributed by atoms with van der Waals surface area (Å²) in [4.78, 5) is 27.5. The lowest BCUT2D eigenvalue weighted by molar-refractivity contribution is -0.125. The van der Waals surface area contributed by atoms with Gasteiger partial charge in [0.05, 0.1) is 11.3 Å². The van der Waals surface area contributed by atoms with Gasteiger partial charge in [0.25, 0.3) is 11.8 Å². The number of hydrogen-bond acceptors (Lipinski definition) is 2. The number of carbonyl (C=O) groups is 2. The number of fused-ring (bicyclic) bond motifs is 1. The smallest absolute Gasteiger partial charge is 0.254 e. The number of benzene rings is 1.